The van der Waals surface area contributed by atoms with Crippen LogP contribution in [0.4, 0.5) is 0 Å². The highest BCUT2D eigenvalue weighted by molar-refractivity contribution is 5.56. The fourth-order valence-corrected chi connectivity index (χ4v) is 1.39. The minimum absolute atomic E-state index is 0.138. The van der Waals surface area contributed by atoms with Gasteiger partial charge in [0, 0.05) is 23.9 Å². The Morgan fingerprint density at radius 2 is 2.12 bits per heavy atom. The van der Waals surface area contributed by atoms with Gasteiger partial charge in [-0.1, -0.05) is 5.16 Å². The zero-order valence-corrected chi connectivity index (χ0v) is 9.71. The Hall–Kier alpha value is -1.62. The molecule has 0 aliphatic rings. The van der Waals surface area contributed by atoms with Crippen LogP contribution in [0.3, 0.4) is 0 Å². The smallest absolute Gasteiger partial charge is 0.153 e. The SMILES string of the molecule is CC(N)c1cc(-c2cnn(C(C)C)c2)no1. The molecule has 5 heteroatoms. The quantitative estimate of drug-likeness (QED) is 0.860. The summed E-state index contributed by atoms with van der Waals surface area (Å²) in [4.78, 5) is 0. The first-order chi connectivity index (χ1) is 7.58. The summed E-state index contributed by atoms with van der Waals surface area (Å²) in [6.07, 6.45) is 3.73. The van der Waals surface area contributed by atoms with Crippen molar-refractivity contribution in [1.82, 2.24) is 14.9 Å². The van der Waals surface area contributed by atoms with Crippen molar-refractivity contribution in [3.8, 4) is 11.3 Å². The summed E-state index contributed by atoms with van der Waals surface area (Å²) in [7, 11) is 0. The third-order valence-corrected chi connectivity index (χ3v) is 2.40. The average molecular weight is 220 g/mol. The minimum atomic E-state index is -0.138. The Morgan fingerprint density at radius 1 is 1.38 bits per heavy atom. The molecule has 0 radical (unpaired) electrons. The lowest BCUT2D eigenvalue weighted by Gasteiger charge is -2.02. The molecule has 1 atom stereocenters. The van der Waals surface area contributed by atoms with Crippen LogP contribution in [0.1, 0.15) is 38.6 Å². The van der Waals surface area contributed by atoms with E-state index < -0.39 is 0 Å². The first-order valence-corrected chi connectivity index (χ1v) is 5.34. The maximum Gasteiger partial charge on any atom is 0.153 e. The topological polar surface area (TPSA) is 69.9 Å². The van der Waals surface area contributed by atoms with E-state index in [1.807, 2.05) is 23.9 Å². The van der Waals surface area contributed by atoms with Gasteiger partial charge in [0.1, 0.15) is 5.69 Å². The Kier molecular flexibility index (Phi) is 2.78. The fraction of sp³-hybridized carbons (Fsp3) is 0.455. The molecule has 2 rings (SSSR count). The van der Waals surface area contributed by atoms with Crippen LogP contribution in [0.15, 0.2) is 23.0 Å². The second-order valence-corrected chi connectivity index (χ2v) is 4.21. The second-order valence-electron chi connectivity index (χ2n) is 4.21. The lowest BCUT2D eigenvalue weighted by Crippen LogP contribution is -2.02. The number of hydrogen-bond donors (Lipinski definition) is 1. The van der Waals surface area contributed by atoms with Gasteiger partial charge >= 0.3 is 0 Å². The van der Waals surface area contributed by atoms with Crippen LogP contribution in [-0.4, -0.2) is 14.9 Å². The summed E-state index contributed by atoms with van der Waals surface area (Å²) in [5.74, 6) is 0.687. The maximum atomic E-state index is 5.70. The molecule has 0 bridgehead atoms. The Balaban J connectivity index is 2.28. The van der Waals surface area contributed by atoms with Crippen LogP contribution in [0, 0.1) is 0 Å². The summed E-state index contributed by atoms with van der Waals surface area (Å²) in [5, 5.41) is 8.22. The van der Waals surface area contributed by atoms with Gasteiger partial charge in [-0.2, -0.15) is 5.10 Å². The van der Waals surface area contributed by atoms with Crippen molar-refractivity contribution in [2.45, 2.75) is 32.9 Å². The highest BCUT2D eigenvalue weighted by atomic mass is 16.5. The van der Waals surface area contributed by atoms with Gasteiger partial charge in [0.15, 0.2) is 5.76 Å². The Morgan fingerprint density at radius 3 is 2.62 bits per heavy atom. The largest absolute Gasteiger partial charge is 0.359 e. The molecule has 5 nitrogen and oxygen atoms in total. The summed E-state index contributed by atoms with van der Waals surface area (Å²) in [6, 6.07) is 2.06. The highest BCUT2D eigenvalue weighted by Crippen LogP contribution is 2.21. The lowest BCUT2D eigenvalue weighted by molar-refractivity contribution is 0.369. The summed E-state index contributed by atoms with van der Waals surface area (Å²) >= 11 is 0. The molecule has 2 aromatic rings. The van der Waals surface area contributed by atoms with E-state index in [1.54, 1.807) is 6.20 Å². The van der Waals surface area contributed by atoms with E-state index in [2.05, 4.69) is 24.1 Å². The third kappa shape index (κ3) is 1.99. The molecule has 0 aliphatic carbocycles. The number of hydrogen-bond acceptors (Lipinski definition) is 4. The molecule has 2 aromatic heterocycles. The summed E-state index contributed by atoms with van der Waals surface area (Å²) < 4.78 is 7.02. The normalized spacial score (nSPS) is 13.3. The lowest BCUT2D eigenvalue weighted by atomic mass is 10.2. The van der Waals surface area contributed by atoms with Gasteiger partial charge in [-0.15, -0.1) is 0 Å². The summed E-state index contributed by atoms with van der Waals surface area (Å²) in [5.41, 5.74) is 7.43. The van der Waals surface area contributed by atoms with E-state index in [-0.39, 0.29) is 6.04 Å². The van der Waals surface area contributed by atoms with Crippen LogP contribution in [-0.2, 0) is 0 Å². The number of rotatable bonds is 3. The van der Waals surface area contributed by atoms with Crippen molar-refractivity contribution in [1.29, 1.82) is 0 Å². The van der Waals surface area contributed by atoms with Gasteiger partial charge in [0.25, 0.3) is 0 Å². The van der Waals surface area contributed by atoms with Crippen LogP contribution < -0.4 is 5.73 Å². The van der Waals surface area contributed by atoms with Gasteiger partial charge in [-0.3, -0.25) is 4.68 Å². The predicted molar refractivity (Wildman–Crippen MR) is 60.7 cm³/mol. The molecule has 86 valence electrons. The molecule has 0 saturated heterocycles. The zero-order valence-electron chi connectivity index (χ0n) is 9.71. The number of nitrogens with two attached hydrogens (primary N) is 1. The number of aromatic nitrogens is 3. The molecule has 0 spiro atoms. The molecule has 1 unspecified atom stereocenters. The van der Waals surface area contributed by atoms with E-state index >= 15 is 0 Å². The van der Waals surface area contributed by atoms with Crippen LogP contribution in [0.2, 0.25) is 0 Å². The van der Waals surface area contributed by atoms with Gasteiger partial charge in [0.05, 0.1) is 12.2 Å². The van der Waals surface area contributed by atoms with Crippen LogP contribution in [0.25, 0.3) is 11.3 Å². The second kappa shape index (κ2) is 4.09. The van der Waals surface area contributed by atoms with Crippen molar-refractivity contribution >= 4 is 0 Å². The molecular formula is C11H16N4O. The predicted octanol–water partition coefficient (Wildman–Crippen LogP) is 2.14. The molecule has 0 aliphatic heterocycles. The van der Waals surface area contributed by atoms with Crippen molar-refractivity contribution in [2.24, 2.45) is 5.73 Å². The maximum absolute atomic E-state index is 5.70. The fourth-order valence-electron chi connectivity index (χ4n) is 1.39. The van der Waals surface area contributed by atoms with Crippen LogP contribution in [0.5, 0.6) is 0 Å². The van der Waals surface area contributed by atoms with Crippen molar-refractivity contribution in [3.05, 3.63) is 24.2 Å². The van der Waals surface area contributed by atoms with E-state index in [1.165, 1.54) is 0 Å². The molecule has 2 heterocycles. The van der Waals surface area contributed by atoms with Gasteiger partial charge in [-0.25, -0.2) is 0 Å². The van der Waals surface area contributed by atoms with Gasteiger partial charge in [0.2, 0.25) is 0 Å². The Bertz CT molecular complexity index is 426. The van der Waals surface area contributed by atoms with E-state index in [9.17, 15) is 0 Å². The van der Waals surface area contributed by atoms with Crippen molar-refractivity contribution in [3.63, 3.8) is 0 Å². The molecule has 0 saturated carbocycles. The first kappa shape index (κ1) is 10.9. The minimum Gasteiger partial charge on any atom is -0.359 e. The molecule has 2 N–H and O–H groups in total. The van der Waals surface area contributed by atoms with Gasteiger partial charge in [-0.05, 0) is 20.8 Å². The zero-order chi connectivity index (χ0) is 11.7. The monoisotopic (exact) mass is 220 g/mol. The van der Waals surface area contributed by atoms with E-state index in [0.717, 1.165) is 11.3 Å². The van der Waals surface area contributed by atoms with E-state index in [0.29, 0.717) is 11.8 Å². The van der Waals surface area contributed by atoms with Gasteiger partial charge < -0.3 is 10.3 Å². The highest BCUT2D eigenvalue weighted by Gasteiger charge is 2.11. The molecule has 0 fully saturated rings. The molecular weight excluding hydrogens is 204 g/mol. The molecule has 0 aromatic carbocycles. The summed E-state index contributed by atoms with van der Waals surface area (Å²) in [6.45, 7) is 6.02. The third-order valence-electron chi connectivity index (χ3n) is 2.40. The first-order valence-electron chi connectivity index (χ1n) is 5.34. The standard InChI is InChI=1S/C11H16N4O/c1-7(2)15-6-9(5-13-15)10-4-11(8(3)12)16-14-10/h4-8H,12H2,1-3H3. The Labute approximate surface area is 94.2 Å². The average Bonchev–Trinajstić information content (AvgIpc) is 2.86. The van der Waals surface area contributed by atoms with Crippen LogP contribution >= 0.6 is 0 Å². The van der Waals surface area contributed by atoms with Crippen molar-refractivity contribution in [2.75, 3.05) is 0 Å². The molecule has 0 amide bonds. The number of nitrogens with zero attached hydrogens (tertiary/aromatic N) is 3. The van der Waals surface area contributed by atoms with E-state index in [4.69, 9.17) is 10.3 Å². The van der Waals surface area contributed by atoms with Crippen molar-refractivity contribution < 1.29 is 4.52 Å². The molecule has 16 heavy (non-hydrogen) atoms.